The quantitative estimate of drug-likeness (QED) is 0.791. The van der Waals surface area contributed by atoms with E-state index >= 15 is 0 Å². The normalized spacial score (nSPS) is 19.4. The summed E-state index contributed by atoms with van der Waals surface area (Å²) in [5, 5.41) is 9.23. The van der Waals surface area contributed by atoms with Gasteiger partial charge in [0.1, 0.15) is 6.61 Å². The van der Waals surface area contributed by atoms with Crippen molar-refractivity contribution < 1.29 is 9.84 Å². The lowest BCUT2D eigenvalue weighted by Crippen LogP contribution is -2.32. The fourth-order valence-electron chi connectivity index (χ4n) is 2.18. The van der Waals surface area contributed by atoms with Crippen LogP contribution in [0.15, 0.2) is 42.8 Å². The van der Waals surface area contributed by atoms with Crippen LogP contribution in [-0.4, -0.2) is 29.2 Å². The highest BCUT2D eigenvalue weighted by molar-refractivity contribution is 5.13. The third-order valence-corrected chi connectivity index (χ3v) is 3.16. The molecule has 0 unspecified atom stereocenters. The molecular formula is C14H19NO2. The maximum atomic E-state index is 9.23. The molecule has 1 aromatic rings. The number of hydrogen-bond acceptors (Lipinski definition) is 3. The molecule has 0 radical (unpaired) electrons. The Labute approximate surface area is 102 Å². The molecule has 3 nitrogen and oxygen atoms in total. The Kier molecular flexibility index (Phi) is 4.04. The SMILES string of the molecule is C=C(OCc1ccccc1)N1CCC[C@H]1CO. The Morgan fingerprint density at radius 2 is 2.18 bits per heavy atom. The summed E-state index contributed by atoms with van der Waals surface area (Å²) in [5.41, 5.74) is 1.13. The first-order valence-electron chi connectivity index (χ1n) is 6.04. The highest BCUT2D eigenvalue weighted by Gasteiger charge is 2.25. The fourth-order valence-corrected chi connectivity index (χ4v) is 2.18. The van der Waals surface area contributed by atoms with Gasteiger partial charge in [0.15, 0.2) is 5.88 Å². The van der Waals surface area contributed by atoms with E-state index in [1.165, 1.54) is 0 Å². The second-order valence-corrected chi connectivity index (χ2v) is 4.34. The van der Waals surface area contributed by atoms with Gasteiger partial charge in [0.2, 0.25) is 0 Å². The molecule has 0 aromatic heterocycles. The minimum atomic E-state index is 0.174. The van der Waals surface area contributed by atoms with Gasteiger partial charge in [-0.1, -0.05) is 30.3 Å². The van der Waals surface area contributed by atoms with Crippen LogP contribution in [0.2, 0.25) is 0 Å². The lowest BCUT2D eigenvalue weighted by atomic mass is 10.2. The predicted octanol–water partition coefficient (Wildman–Crippen LogP) is 2.13. The van der Waals surface area contributed by atoms with E-state index in [1.807, 2.05) is 30.3 Å². The molecule has 0 bridgehead atoms. The molecule has 2 rings (SSSR count). The highest BCUT2D eigenvalue weighted by Crippen LogP contribution is 2.22. The molecule has 1 aliphatic heterocycles. The molecule has 1 heterocycles. The van der Waals surface area contributed by atoms with E-state index in [-0.39, 0.29) is 12.6 Å². The van der Waals surface area contributed by atoms with E-state index < -0.39 is 0 Å². The van der Waals surface area contributed by atoms with Crippen molar-refractivity contribution in [2.45, 2.75) is 25.5 Å². The Bertz CT molecular complexity index is 364. The lowest BCUT2D eigenvalue weighted by molar-refractivity contribution is 0.0767. The minimum absolute atomic E-state index is 0.174. The molecule has 1 aromatic carbocycles. The van der Waals surface area contributed by atoms with Gasteiger partial charge in [-0.2, -0.15) is 0 Å². The monoisotopic (exact) mass is 233 g/mol. The first-order valence-corrected chi connectivity index (χ1v) is 6.04. The molecule has 3 heteroatoms. The largest absolute Gasteiger partial charge is 0.475 e. The van der Waals surface area contributed by atoms with Crippen LogP contribution in [0.5, 0.6) is 0 Å². The van der Waals surface area contributed by atoms with E-state index in [9.17, 15) is 5.11 Å². The number of hydrogen-bond donors (Lipinski definition) is 1. The number of aliphatic hydroxyl groups is 1. The van der Waals surface area contributed by atoms with E-state index in [0.717, 1.165) is 24.9 Å². The summed E-state index contributed by atoms with van der Waals surface area (Å²) >= 11 is 0. The molecule has 17 heavy (non-hydrogen) atoms. The summed E-state index contributed by atoms with van der Waals surface area (Å²) in [6.45, 7) is 5.58. The number of nitrogens with zero attached hydrogens (tertiary/aromatic N) is 1. The van der Waals surface area contributed by atoms with Gasteiger partial charge in [0, 0.05) is 6.54 Å². The summed E-state index contributed by atoms with van der Waals surface area (Å²) < 4.78 is 5.66. The van der Waals surface area contributed by atoms with Crippen molar-refractivity contribution in [2.24, 2.45) is 0 Å². The van der Waals surface area contributed by atoms with E-state index in [0.29, 0.717) is 12.5 Å². The van der Waals surface area contributed by atoms with Gasteiger partial charge >= 0.3 is 0 Å². The van der Waals surface area contributed by atoms with Crippen LogP contribution in [-0.2, 0) is 11.3 Å². The van der Waals surface area contributed by atoms with Crippen molar-refractivity contribution in [2.75, 3.05) is 13.2 Å². The van der Waals surface area contributed by atoms with Crippen LogP contribution in [0.1, 0.15) is 18.4 Å². The molecular weight excluding hydrogens is 214 g/mol. The van der Waals surface area contributed by atoms with Crippen molar-refractivity contribution in [3.8, 4) is 0 Å². The fraction of sp³-hybridized carbons (Fsp3) is 0.429. The number of ether oxygens (including phenoxy) is 1. The zero-order valence-corrected chi connectivity index (χ0v) is 10.0. The summed E-state index contributed by atoms with van der Waals surface area (Å²) in [5.74, 6) is 0.672. The third-order valence-electron chi connectivity index (χ3n) is 3.16. The van der Waals surface area contributed by atoms with Gasteiger partial charge in [0.05, 0.1) is 12.6 Å². The maximum Gasteiger partial charge on any atom is 0.182 e. The van der Waals surface area contributed by atoms with Crippen LogP contribution in [0, 0.1) is 0 Å². The van der Waals surface area contributed by atoms with E-state index in [2.05, 4.69) is 11.5 Å². The average molecular weight is 233 g/mol. The summed E-state index contributed by atoms with van der Waals surface area (Å²) in [6.07, 6.45) is 2.11. The molecule has 0 amide bonds. The zero-order chi connectivity index (χ0) is 12.1. The number of rotatable bonds is 5. The minimum Gasteiger partial charge on any atom is -0.475 e. The van der Waals surface area contributed by atoms with Crippen LogP contribution < -0.4 is 0 Å². The van der Waals surface area contributed by atoms with Gasteiger partial charge in [-0.25, -0.2) is 0 Å². The van der Waals surface area contributed by atoms with Crippen molar-refractivity contribution in [1.82, 2.24) is 4.90 Å². The molecule has 1 atom stereocenters. The van der Waals surface area contributed by atoms with Gasteiger partial charge in [-0.15, -0.1) is 0 Å². The number of likely N-dealkylation sites (tertiary alicyclic amines) is 1. The average Bonchev–Trinajstić information content (AvgIpc) is 2.85. The summed E-state index contributed by atoms with van der Waals surface area (Å²) in [4.78, 5) is 2.06. The molecule has 1 aliphatic rings. The van der Waals surface area contributed by atoms with Crippen LogP contribution >= 0.6 is 0 Å². The first kappa shape index (κ1) is 12.0. The second kappa shape index (κ2) is 5.73. The van der Waals surface area contributed by atoms with Crippen molar-refractivity contribution in [3.63, 3.8) is 0 Å². The Balaban J connectivity index is 1.85. The Morgan fingerprint density at radius 1 is 1.41 bits per heavy atom. The van der Waals surface area contributed by atoms with Gasteiger partial charge in [-0.05, 0) is 25.0 Å². The molecule has 1 saturated heterocycles. The third kappa shape index (κ3) is 3.01. The maximum absolute atomic E-state index is 9.23. The Morgan fingerprint density at radius 3 is 2.88 bits per heavy atom. The topological polar surface area (TPSA) is 32.7 Å². The predicted molar refractivity (Wildman–Crippen MR) is 67.2 cm³/mol. The van der Waals surface area contributed by atoms with Gasteiger partial charge in [-0.3, -0.25) is 0 Å². The van der Waals surface area contributed by atoms with Crippen LogP contribution in [0.3, 0.4) is 0 Å². The summed E-state index contributed by atoms with van der Waals surface area (Å²) in [6, 6.07) is 10.2. The molecule has 1 fully saturated rings. The standard InChI is InChI=1S/C14H19NO2/c1-12(15-9-5-8-14(15)10-16)17-11-13-6-3-2-4-7-13/h2-4,6-7,14,16H,1,5,8-11H2/t14-/m0/s1. The number of benzene rings is 1. The van der Waals surface area contributed by atoms with E-state index in [4.69, 9.17) is 4.74 Å². The molecule has 0 spiro atoms. The molecule has 0 aliphatic carbocycles. The molecule has 0 saturated carbocycles. The van der Waals surface area contributed by atoms with Crippen molar-refractivity contribution in [1.29, 1.82) is 0 Å². The van der Waals surface area contributed by atoms with Gasteiger partial charge in [0.25, 0.3) is 0 Å². The first-order chi connectivity index (χ1) is 8.31. The van der Waals surface area contributed by atoms with Crippen LogP contribution in [0.25, 0.3) is 0 Å². The summed E-state index contributed by atoms with van der Waals surface area (Å²) in [7, 11) is 0. The van der Waals surface area contributed by atoms with Crippen molar-refractivity contribution in [3.05, 3.63) is 48.4 Å². The Hall–Kier alpha value is -1.48. The highest BCUT2D eigenvalue weighted by atomic mass is 16.5. The van der Waals surface area contributed by atoms with E-state index in [1.54, 1.807) is 0 Å². The second-order valence-electron chi connectivity index (χ2n) is 4.34. The van der Waals surface area contributed by atoms with Crippen LogP contribution in [0.4, 0.5) is 0 Å². The smallest absolute Gasteiger partial charge is 0.182 e. The molecule has 92 valence electrons. The van der Waals surface area contributed by atoms with Gasteiger partial charge < -0.3 is 14.7 Å². The zero-order valence-electron chi connectivity index (χ0n) is 10.0. The van der Waals surface area contributed by atoms with Crippen molar-refractivity contribution >= 4 is 0 Å². The number of aliphatic hydroxyl groups excluding tert-OH is 1. The lowest BCUT2D eigenvalue weighted by Gasteiger charge is -2.26. The molecule has 1 N–H and O–H groups in total.